The molecule has 1 atom stereocenters. The summed E-state index contributed by atoms with van der Waals surface area (Å²) in [6, 6.07) is 5.86. The Hall–Kier alpha value is -1.40. The van der Waals surface area contributed by atoms with Gasteiger partial charge in [0.05, 0.1) is 0 Å². The van der Waals surface area contributed by atoms with Gasteiger partial charge in [0.2, 0.25) is 0 Å². The van der Waals surface area contributed by atoms with Crippen LogP contribution >= 0.6 is 12.4 Å². The Bertz CT molecular complexity index is 460. The number of nitrogens with two attached hydrogens (primary N) is 1. The van der Waals surface area contributed by atoms with E-state index in [1.54, 1.807) is 11.0 Å². The summed E-state index contributed by atoms with van der Waals surface area (Å²) in [7, 11) is 0. The van der Waals surface area contributed by atoms with Gasteiger partial charge in [-0.3, -0.25) is 4.79 Å². The third kappa shape index (κ3) is 4.05. The number of rotatable bonds is 4. The minimum atomic E-state index is -2.89. The molecule has 1 fully saturated rings. The monoisotopic (exact) mass is 306 g/mol. The van der Waals surface area contributed by atoms with E-state index in [9.17, 15) is 13.6 Å². The van der Waals surface area contributed by atoms with Crippen molar-refractivity contribution < 1.29 is 18.3 Å². The molecule has 2 rings (SSSR count). The summed E-state index contributed by atoms with van der Waals surface area (Å²) < 4.78 is 28.5. The maximum Gasteiger partial charge on any atom is 0.387 e. The lowest BCUT2D eigenvalue weighted by Gasteiger charge is -2.16. The molecular weight excluding hydrogens is 290 g/mol. The molecule has 7 heteroatoms. The van der Waals surface area contributed by atoms with Gasteiger partial charge in [-0.25, -0.2) is 0 Å². The first-order valence-electron chi connectivity index (χ1n) is 6.14. The summed E-state index contributed by atoms with van der Waals surface area (Å²) in [5.41, 5.74) is 5.93. The molecule has 0 bridgehead atoms. The number of carbonyl (C=O) groups is 1. The molecule has 1 saturated heterocycles. The van der Waals surface area contributed by atoms with Gasteiger partial charge in [-0.1, -0.05) is 6.07 Å². The molecule has 1 aromatic rings. The van der Waals surface area contributed by atoms with E-state index in [0.717, 1.165) is 6.42 Å². The molecule has 2 N–H and O–H groups in total. The van der Waals surface area contributed by atoms with Crippen LogP contribution < -0.4 is 10.5 Å². The van der Waals surface area contributed by atoms with E-state index < -0.39 is 6.61 Å². The van der Waals surface area contributed by atoms with Crippen molar-refractivity contribution in [3.63, 3.8) is 0 Å². The quantitative estimate of drug-likeness (QED) is 0.927. The molecule has 112 valence electrons. The second-order valence-electron chi connectivity index (χ2n) is 4.55. The van der Waals surface area contributed by atoms with Crippen LogP contribution in [-0.2, 0) is 0 Å². The highest BCUT2D eigenvalue weighted by molar-refractivity contribution is 5.94. The number of halogens is 3. The highest BCUT2D eigenvalue weighted by atomic mass is 35.5. The molecule has 1 amide bonds. The first kappa shape index (κ1) is 16.7. The lowest BCUT2D eigenvalue weighted by atomic mass is 10.1. The zero-order valence-electron chi connectivity index (χ0n) is 10.8. The first-order valence-corrected chi connectivity index (χ1v) is 6.14. The third-order valence-corrected chi connectivity index (χ3v) is 3.21. The number of benzene rings is 1. The lowest BCUT2D eigenvalue weighted by molar-refractivity contribution is -0.0499. The summed E-state index contributed by atoms with van der Waals surface area (Å²) >= 11 is 0. The summed E-state index contributed by atoms with van der Waals surface area (Å²) in [5, 5.41) is 0. The maximum absolute atomic E-state index is 12.2. The number of ether oxygens (including phenoxy) is 1. The van der Waals surface area contributed by atoms with Gasteiger partial charge in [-0.2, -0.15) is 8.78 Å². The average Bonchev–Trinajstić information content (AvgIpc) is 2.86. The number of carbonyl (C=O) groups excluding carboxylic acids is 1. The number of alkyl halides is 2. The Morgan fingerprint density at radius 2 is 2.25 bits per heavy atom. The van der Waals surface area contributed by atoms with Gasteiger partial charge in [0.1, 0.15) is 5.75 Å². The van der Waals surface area contributed by atoms with E-state index >= 15 is 0 Å². The normalized spacial score (nSPS) is 18.0. The fraction of sp³-hybridized carbons (Fsp3) is 0.462. The topological polar surface area (TPSA) is 55.6 Å². The standard InChI is InChI=1S/C13H16F2N2O2.ClH/c14-13(15)19-11-3-1-2-10(6-11)12(18)17-5-4-9(7-16)8-17;/h1-3,6,9,13H,4-5,7-8,16H2;1H. The predicted octanol–water partition coefficient (Wildman–Crippen LogP) is 2.13. The number of nitrogens with zero attached hydrogens (tertiary/aromatic N) is 1. The summed E-state index contributed by atoms with van der Waals surface area (Å²) in [6.07, 6.45) is 0.884. The highest BCUT2D eigenvalue weighted by Gasteiger charge is 2.26. The molecule has 0 aliphatic carbocycles. The van der Waals surface area contributed by atoms with E-state index in [0.29, 0.717) is 31.1 Å². The van der Waals surface area contributed by atoms with Crippen LogP contribution in [0, 0.1) is 5.92 Å². The van der Waals surface area contributed by atoms with Crippen molar-refractivity contribution in [2.75, 3.05) is 19.6 Å². The fourth-order valence-corrected chi connectivity index (χ4v) is 2.20. The van der Waals surface area contributed by atoms with Crippen molar-refractivity contribution >= 4 is 18.3 Å². The second kappa shape index (κ2) is 7.40. The highest BCUT2D eigenvalue weighted by Crippen LogP contribution is 2.21. The second-order valence-corrected chi connectivity index (χ2v) is 4.55. The summed E-state index contributed by atoms with van der Waals surface area (Å²) in [4.78, 5) is 13.9. The van der Waals surface area contributed by atoms with Gasteiger partial charge in [0, 0.05) is 18.7 Å². The van der Waals surface area contributed by atoms with Crippen LogP contribution in [0.1, 0.15) is 16.8 Å². The van der Waals surface area contributed by atoms with Crippen molar-refractivity contribution in [3.8, 4) is 5.75 Å². The van der Waals surface area contributed by atoms with E-state index in [1.165, 1.54) is 18.2 Å². The van der Waals surface area contributed by atoms with Crippen molar-refractivity contribution in [2.24, 2.45) is 11.7 Å². The van der Waals surface area contributed by atoms with Gasteiger partial charge >= 0.3 is 6.61 Å². The lowest BCUT2D eigenvalue weighted by Crippen LogP contribution is -2.29. The first-order chi connectivity index (χ1) is 9.10. The van der Waals surface area contributed by atoms with Crippen LogP contribution in [0.25, 0.3) is 0 Å². The van der Waals surface area contributed by atoms with Crippen LogP contribution in [0.5, 0.6) is 5.75 Å². The minimum Gasteiger partial charge on any atom is -0.435 e. The Balaban J connectivity index is 0.00000200. The van der Waals surface area contributed by atoms with Crippen molar-refractivity contribution in [2.45, 2.75) is 13.0 Å². The molecule has 0 aromatic heterocycles. The van der Waals surface area contributed by atoms with E-state index in [1.807, 2.05) is 0 Å². The molecule has 1 heterocycles. The number of hydrogen-bond donors (Lipinski definition) is 1. The van der Waals surface area contributed by atoms with Crippen LogP contribution in [0.15, 0.2) is 24.3 Å². The summed E-state index contributed by atoms with van der Waals surface area (Å²) in [6.45, 7) is -1.06. The van der Waals surface area contributed by atoms with Crippen molar-refractivity contribution in [1.82, 2.24) is 4.90 Å². The zero-order chi connectivity index (χ0) is 13.8. The molecule has 4 nitrogen and oxygen atoms in total. The van der Waals surface area contributed by atoms with E-state index in [4.69, 9.17) is 5.73 Å². The van der Waals surface area contributed by atoms with Gasteiger partial charge in [0.25, 0.3) is 5.91 Å². The molecule has 0 radical (unpaired) electrons. The van der Waals surface area contributed by atoms with Gasteiger partial charge in [-0.15, -0.1) is 12.4 Å². The van der Waals surface area contributed by atoms with Crippen LogP contribution in [0.3, 0.4) is 0 Å². The average molecular weight is 307 g/mol. The largest absolute Gasteiger partial charge is 0.435 e. The van der Waals surface area contributed by atoms with Gasteiger partial charge in [-0.05, 0) is 37.1 Å². The molecule has 1 unspecified atom stereocenters. The molecular formula is C13H17ClF2N2O2. The number of amides is 1. The van der Waals surface area contributed by atoms with Crippen LogP contribution in [0.4, 0.5) is 8.78 Å². The van der Waals surface area contributed by atoms with Crippen molar-refractivity contribution in [1.29, 1.82) is 0 Å². The van der Waals surface area contributed by atoms with Crippen LogP contribution in [0.2, 0.25) is 0 Å². The van der Waals surface area contributed by atoms with Crippen LogP contribution in [-0.4, -0.2) is 37.1 Å². The maximum atomic E-state index is 12.2. The van der Waals surface area contributed by atoms with Gasteiger partial charge < -0.3 is 15.4 Å². The molecule has 1 aromatic carbocycles. The minimum absolute atomic E-state index is 0. The SMILES string of the molecule is Cl.NCC1CCN(C(=O)c2cccc(OC(F)F)c2)C1. The van der Waals surface area contributed by atoms with Gasteiger partial charge in [0.15, 0.2) is 0 Å². The molecule has 20 heavy (non-hydrogen) atoms. The Labute approximate surface area is 122 Å². The number of hydrogen-bond acceptors (Lipinski definition) is 3. The molecule has 0 spiro atoms. The Morgan fingerprint density at radius 1 is 1.50 bits per heavy atom. The zero-order valence-corrected chi connectivity index (χ0v) is 11.6. The molecule has 1 aliphatic rings. The number of likely N-dealkylation sites (tertiary alicyclic amines) is 1. The predicted molar refractivity (Wildman–Crippen MR) is 73.4 cm³/mol. The smallest absolute Gasteiger partial charge is 0.387 e. The van der Waals surface area contributed by atoms with E-state index in [2.05, 4.69) is 4.74 Å². The Kier molecular flexibility index (Phi) is 6.16. The van der Waals surface area contributed by atoms with E-state index in [-0.39, 0.29) is 24.1 Å². The fourth-order valence-electron chi connectivity index (χ4n) is 2.20. The van der Waals surface area contributed by atoms with Crippen molar-refractivity contribution in [3.05, 3.63) is 29.8 Å². The molecule has 0 saturated carbocycles. The Morgan fingerprint density at radius 3 is 2.85 bits per heavy atom. The molecule has 1 aliphatic heterocycles. The third-order valence-electron chi connectivity index (χ3n) is 3.21. The summed E-state index contributed by atoms with van der Waals surface area (Å²) in [5.74, 6) is 0.149.